The number of aliphatic carboxylic acids is 1. The van der Waals surface area contributed by atoms with Crippen molar-refractivity contribution < 1.29 is 91.7 Å². The molecule has 0 spiro atoms. The predicted octanol–water partition coefficient (Wildman–Crippen LogP) is -2.71. The van der Waals surface area contributed by atoms with Gasteiger partial charge in [0.05, 0.1) is 25.4 Å². The minimum Gasteiger partial charge on any atom is -0.481 e. The molecule has 117 heavy (non-hydrogen) atoms. The summed E-state index contributed by atoms with van der Waals surface area (Å²) in [5.41, 5.74) is 20.5. The standard InChI is InChI=1S/C76H99N19O19S3/c1-7-36(2)62(93-75(113)63(38(4)96)94-71(109)51(26-41-32-81-47-19-12-9-16-44(41)47)86-66(104)49(22-24-115-6)84-39(5)97)74(112)92-57-35-117-116-34-56(73(111)90-55(76(114)95-23-14-21-58(95)64(79)102)27-42-33-82-48-20-13-10-17-45(42)48)91-70(108)54(30-61(100)101)85-65(103)37(3)83-67(105)50(25-40-31-80-46-18-11-8-15-43(40)46)87-68(106)52(28-59(77)98)88-69(107)53(29-60(78)99)89-72(57)110/h8-13,15-20,31-33,36-38,49-58,62-63,80-82,96H,7,14,21-30,34-35H2,1-6H3,(H2,77,98)(H2,78,99)(H2,79,102)(H,83,105)(H,84,97)(H,85,103)(H,86,104)(H,87,106)(H,88,107)(H,89,110)(H,90,111)(H,91,108)(H,92,112)(H,93,113)(H,94,109)(H,100,101)/t36-,37+,38+,49-,50-,51-,52-,53-,54-,55-,56-,57-,58-,62-,63-/m0/s1. The van der Waals surface area contributed by atoms with Gasteiger partial charge in [0.15, 0.2) is 0 Å². The Kier molecular flexibility index (Phi) is 33.2. The van der Waals surface area contributed by atoms with Gasteiger partial charge in [0.2, 0.25) is 94.5 Å². The van der Waals surface area contributed by atoms with E-state index >= 15 is 14.4 Å². The van der Waals surface area contributed by atoms with Crippen molar-refractivity contribution in [3.63, 3.8) is 0 Å². The van der Waals surface area contributed by atoms with E-state index in [1.807, 2.05) is 0 Å². The molecule has 630 valence electrons. The molecule has 15 atom stereocenters. The van der Waals surface area contributed by atoms with Crippen molar-refractivity contribution in [3.8, 4) is 0 Å². The van der Waals surface area contributed by atoms with Crippen LogP contribution in [0.3, 0.4) is 0 Å². The summed E-state index contributed by atoms with van der Waals surface area (Å²) in [5.74, 6) is -20.5. The summed E-state index contributed by atoms with van der Waals surface area (Å²) in [5, 5.41) is 53.4. The number of nitrogens with zero attached hydrogens (tertiary/aromatic N) is 1. The fourth-order valence-corrected chi connectivity index (χ4v) is 16.2. The van der Waals surface area contributed by atoms with E-state index in [1.165, 1.54) is 36.7 Å². The van der Waals surface area contributed by atoms with E-state index in [9.17, 15) is 77.3 Å². The van der Waals surface area contributed by atoms with E-state index in [1.54, 1.807) is 98.4 Å². The fourth-order valence-electron chi connectivity index (χ4n) is 13.4. The lowest BCUT2D eigenvalue weighted by atomic mass is 9.97. The van der Waals surface area contributed by atoms with E-state index < -0.39 is 222 Å². The van der Waals surface area contributed by atoms with Gasteiger partial charge >= 0.3 is 5.97 Å². The zero-order valence-electron chi connectivity index (χ0n) is 65.0. The number of aliphatic hydroxyl groups is 1. The molecule has 0 unspecified atom stereocenters. The van der Waals surface area contributed by atoms with Crippen LogP contribution in [0.15, 0.2) is 91.4 Å². The molecule has 3 aromatic heterocycles. The lowest BCUT2D eigenvalue weighted by molar-refractivity contribution is -0.142. The number of carboxylic acid groups (broad SMARTS) is 1. The van der Waals surface area contributed by atoms with Crippen molar-refractivity contribution in [2.45, 2.75) is 183 Å². The third-order valence-electron chi connectivity index (χ3n) is 19.9. The topological polar surface area (TPSA) is 604 Å². The zero-order chi connectivity index (χ0) is 85.5. The highest BCUT2D eigenvalue weighted by molar-refractivity contribution is 8.76. The number of likely N-dealkylation sites (tertiary alicyclic amines) is 1. The molecule has 2 fully saturated rings. The normalized spacial score (nSPS) is 21.3. The first kappa shape index (κ1) is 90.8. The number of carbonyl (C=O) groups excluding carboxylic acids is 16. The maximum atomic E-state index is 15.2. The monoisotopic (exact) mass is 1680 g/mol. The maximum absolute atomic E-state index is 15.2. The molecule has 2 aliphatic heterocycles. The number of nitrogens with one attached hydrogen (secondary N) is 15. The lowest BCUT2D eigenvalue weighted by Crippen LogP contribution is -2.63. The highest BCUT2D eigenvalue weighted by Crippen LogP contribution is 2.28. The molecule has 2 aliphatic rings. The third-order valence-corrected chi connectivity index (χ3v) is 22.9. The van der Waals surface area contributed by atoms with E-state index in [0.29, 0.717) is 83.2 Å². The largest absolute Gasteiger partial charge is 0.481 e. The van der Waals surface area contributed by atoms with Crippen LogP contribution < -0.4 is 81.0 Å². The van der Waals surface area contributed by atoms with E-state index in [4.69, 9.17) is 17.2 Å². The van der Waals surface area contributed by atoms with E-state index in [2.05, 4.69) is 78.8 Å². The van der Waals surface area contributed by atoms with Crippen molar-refractivity contribution in [1.82, 2.24) is 83.7 Å². The number of carboxylic acids is 1. The number of nitrogens with two attached hydrogens (primary N) is 3. The fraction of sp³-hybridized carbons (Fsp3) is 0.461. The van der Waals surface area contributed by atoms with Crippen LogP contribution in [0.2, 0.25) is 0 Å². The van der Waals surface area contributed by atoms with Crippen LogP contribution in [0, 0.1) is 5.92 Å². The van der Waals surface area contributed by atoms with Crippen LogP contribution in [0.5, 0.6) is 0 Å². The summed E-state index contributed by atoms with van der Waals surface area (Å²) in [6.07, 6.45) is 1.61. The molecule has 23 N–H and O–H groups in total. The Morgan fingerprint density at radius 2 is 1.05 bits per heavy atom. The van der Waals surface area contributed by atoms with Crippen molar-refractivity contribution in [1.29, 1.82) is 0 Å². The number of rotatable bonds is 31. The van der Waals surface area contributed by atoms with Crippen molar-refractivity contribution >= 4 is 167 Å². The second-order valence-corrected chi connectivity index (χ2v) is 32.2. The Hall–Kier alpha value is -11.7. The number of H-pyrrole nitrogens is 3. The summed E-state index contributed by atoms with van der Waals surface area (Å²) in [7, 11) is 1.42. The van der Waals surface area contributed by atoms with Gasteiger partial charge in [-0.2, -0.15) is 11.8 Å². The second-order valence-electron chi connectivity index (χ2n) is 28.6. The first-order valence-corrected chi connectivity index (χ1v) is 41.6. The molecular weight excluding hydrogens is 1580 g/mol. The van der Waals surface area contributed by atoms with Crippen LogP contribution in [-0.4, -0.2) is 245 Å². The van der Waals surface area contributed by atoms with E-state index in [0.717, 1.165) is 13.8 Å². The molecule has 8 rings (SSSR count). The maximum Gasteiger partial charge on any atom is 0.305 e. The SMILES string of the molecule is CC[C@H](C)[C@H](NC(=O)[C@@H](NC(=O)[C@H](Cc1c[nH]c2ccccc12)NC(=O)[C@H](CCSC)NC(C)=O)[C@@H](C)O)C(=O)N[C@H]1CSSC[C@@H](C(=O)N[C@@H](Cc2c[nH]c3ccccc23)C(=O)N2CCC[C@H]2C(N)=O)NC(=O)[C@H](CC(=O)O)NC(=O)[C@@H](C)NC(=O)[C@H](Cc2c[nH]c3ccccc23)NC(=O)[C@H](CC(N)=O)NC(=O)[C@H](CC(N)=O)NC1=O. The third kappa shape index (κ3) is 25.4. The molecule has 5 heterocycles. The summed E-state index contributed by atoms with van der Waals surface area (Å²) in [6, 6.07) is -1.25. The van der Waals surface area contributed by atoms with Gasteiger partial charge < -0.3 is 111 Å². The average Bonchev–Trinajstić information content (AvgIpc) is 1.67. The van der Waals surface area contributed by atoms with Gasteiger partial charge in [0.1, 0.15) is 78.5 Å². The minimum absolute atomic E-state index is 0.0489. The number of hydrogen-bond acceptors (Lipinski definition) is 21. The second kappa shape index (κ2) is 42.8. The molecule has 6 aromatic rings. The number of aromatic nitrogens is 3. The van der Waals surface area contributed by atoms with Crippen LogP contribution in [0.4, 0.5) is 0 Å². The van der Waals surface area contributed by atoms with Gasteiger partial charge in [-0.1, -0.05) is 96.5 Å². The van der Waals surface area contributed by atoms with Crippen LogP contribution in [0.1, 0.15) is 96.3 Å². The van der Waals surface area contributed by atoms with Crippen molar-refractivity contribution in [3.05, 3.63) is 108 Å². The Morgan fingerprint density at radius 1 is 0.564 bits per heavy atom. The number of thioether (sulfide) groups is 1. The number of amides is 16. The summed E-state index contributed by atoms with van der Waals surface area (Å²) in [6.45, 7) is 6.73. The molecule has 0 bridgehead atoms. The van der Waals surface area contributed by atoms with Gasteiger partial charge in [0.25, 0.3) is 0 Å². The molecule has 3 aromatic carbocycles. The van der Waals surface area contributed by atoms with Crippen molar-refractivity contribution in [2.24, 2.45) is 23.1 Å². The first-order valence-electron chi connectivity index (χ1n) is 37.7. The Labute approximate surface area is 683 Å². The summed E-state index contributed by atoms with van der Waals surface area (Å²) >= 11 is 1.40. The molecule has 16 amide bonds. The number of fused-ring (bicyclic) bond motifs is 3. The van der Waals surface area contributed by atoms with E-state index in [-0.39, 0.29) is 45.1 Å². The van der Waals surface area contributed by atoms with Gasteiger partial charge in [-0.05, 0) is 85.9 Å². The highest BCUT2D eigenvalue weighted by atomic mass is 33.1. The molecular formula is C76H99N19O19S3. The molecule has 2 saturated heterocycles. The molecule has 0 aliphatic carbocycles. The molecule has 41 heteroatoms. The van der Waals surface area contributed by atoms with Crippen molar-refractivity contribution in [2.75, 3.05) is 30.1 Å². The first-order chi connectivity index (χ1) is 55.6. The molecule has 0 radical (unpaired) electrons. The van der Waals surface area contributed by atoms with Crippen LogP contribution >= 0.6 is 33.3 Å². The summed E-state index contributed by atoms with van der Waals surface area (Å²) in [4.78, 5) is 251. The Balaban J connectivity index is 1.16. The minimum atomic E-state index is -2.08. The quantitative estimate of drug-likeness (QED) is 0.0197. The number of benzene rings is 3. The number of aliphatic hydroxyl groups excluding tert-OH is 1. The predicted molar refractivity (Wildman–Crippen MR) is 433 cm³/mol. The molecule has 38 nitrogen and oxygen atoms in total. The Morgan fingerprint density at radius 3 is 1.59 bits per heavy atom. The average molecular weight is 1680 g/mol. The number of para-hydroxylation sites is 3. The highest BCUT2D eigenvalue weighted by Gasteiger charge is 2.42. The number of hydrogen-bond donors (Lipinski definition) is 20. The van der Waals surface area contributed by atoms with Gasteiger partial charge in [-0.3, -0.25) is 81.5 Å². The Bertz CT molecular complexity index is 4690. The van der Waals surface area contributed by atoms with Gasteiger partial charge in [-0.15, -0.1) is 0 Å². The van der Waals surface area contributed by atoms with Crippen LogP contribution in [-0.2, 0) is 101 Å². The smallest absolute Gasteiger partial charge is 0.305 e. The molecule has 0 saturated carbocycles. The van der Waals surface area contributed by atoms with Gasteiger partial charge in [0, 0.05) is 95.5 Å². The van der Waals surface area contributed by atoms with Gasteiger partial charge in [-0.25, -0.2) is 0 Å². The number of aromatic amines is 3. The lowest BCUT2D eigenvalue weighted by Gasteiger charge is -2.30. The number of carbonyl (C=O) groups is 17. The van der Waals surface area contributed by atoms with Crippen LogP contribution in [0.25, 0.3) is 32.7 Å². The summed E-state index contributed by atoms with van der Waals surface area (Å²) < 4.78 is 0. The number of primary amides is 3. The zero-order valence-corrected chi connectivity index (χ0v) is 67.4.